The first-order chi connectivity index (χ1) is 7.54. The van der Waals surface area contributed by atoms with Crippen molar-refractivity contribution in [3.8, 4) is 0 Å². The minimum Gasteiger partial charge on any atom is -0.394 e. The van der Waals surface area contributed by atoms with Crippen LogP contribution in [-0.2, 0) is 0 Å². The standard InChI is InChI=1S/C11H15FN2O2/c1-7(2)10(6-15)14-11(16)8-3-9(12)5-13-4-8/h3-5,7,10,15H,6H2,1-2H3,(H,14,16). The molecule has 1 amide bonds. The molecule has 0 aliphatic carbocycles. The molecule has 0 saturated carbocycles. The molecule has 2 N–H and O–H groups in total. The molecule has 1 heterocycles. The van der Waals surface area contributed by atoms with Gasteiger partial charge in [0.25, 0.3) is 5.91 Å². The molecule has 0 spiro atoms. The number of hydrogen-bond acceptors (Lipinski definition) is 3. The molecule has 0 aliphatic rings. The third kappa shape index (κ3) is 3.27. The molecule has 0 radical (unpaired) electrons. The zero-order valence-electron chi connectivity index (χ0n) is 9.27. The Morgan fingerprint density at radius 1 is 1.56 bits per heavy atom. The second kappa shape index (κ2) is 5.55. The van der Waals surface area contributed by atoms with Crippen LogP contribution >= 0.6 is 0 Å². The van der Waals surface area contributed by atoms with Gasteiger partial charge in [0, 0.05) is 6.20 Å². The van der Waals surface area contributed by atoms with E-state index in [0.29, 0.717) is 0 Å². The van der Waals surface area contributed by atoms with Crippen molar-refractivity contribution < 1.29 is 14.3 Å². The first-order valence-corrected chi connectivity index (χ1v) is 5.07. The Morgan fingerprint density at radius 2 is 2.25 bits per heavy atom. The fourth-order valence-electron chi connectivity index (χ4n) is 1.21. The Hall–Kier alpha value is -1.49. The van der Waals surface area contributed by atoms with E-state index in [-0.39, 0.29) is 24.1 Å². The molecule has 16 heavy (non-hydrogen) atoms. The Morgan fingerprint density at radius 3 is 2.75 bits per heavy atom. The number of rotatable bonds is 4. The monoisotopic (exact) mass is 226 g/mol. The highest BCUT2D eigenvalue weighted by Gasteiger charge is 2.16. The zero-order valence-corrected chi connectivity index (χ0v) is 9.27. The number of aromatic nitrogens is 1. The predicted molar refractivity (Wildman–Crippen MR) is 57.4 cm³/mol. The molecule has 1 aromatic rings. The van der Waals surface area contributed by atoms with Crippen LogP contribution in [-0.4, -0.2) is 28.6 Å². The summed E-state index contributed by atoms with van der Waals surface area (Å²) in [5, 5.41) is 11.7. The van der Waals surface area contributed by atoms with Crippen LogP contribution in [0.25, 0.3) is 0 Å². The molecule has 88 valence electrons. The molecule has 0 saturated heterocycles. The molecule has 1 aromatic heterocycles. The molecular weight excluding hydrogens is 211 g/mol. The van der Waals surface area contributed by atoms with Crippen LogP contribution < -0.4 is 5.32 Å². The third-order valence-electron chi connectivity index (χ3n) is 2.28. The summed E-state index contributed by atoms with van der Waals surface area (Å²) in [6.45, 7) is 3.61. The van der Waals surface area contributed by atoms with Gasteiger partial charge in [-0.1, -0.05) is 13.8 Å². The average Bonchev–Trinajstić information content (AvgIpc) is 2.25. The molecule has 0 aliphatic heterocycles. The Bertz CT molecular complexity index is 369. The lowest BCUT2D eigenvalue weighted by molar-refractivity contribution is 0.0896. The van der Waals surface area contributed by atoms with E-state index in [0.717, 1.165) is 12.3 Å². The Kier molecular flexibility index (Phi) is 4.37. The lowest BCUT2D eigenvalue weighted by atomic mass is 10.1. The SMILES string of the molecule is CC(C)C(CO)NC(=O)c1cncc(F)c1. The number of halogens is 1. The number of aliphatic hydroxyl groups excluding tert-OH is 1. The summed E-state index contributed by atoms with van der Waals surface area (Å²) in [5.41, 5.74) is 0.152. The predicted octanol–water partition coefficient (Wildman–Crippen LogP) is 0.967. The van der Waals surface area contributed by atoms with Crippen molar-refractivity contribution in [2.24, 2.45) is 5.92 Å². The van der Waals surface area contributed by atoms with Gasteiger partial charge < -0.3 is 10.4 Å². The van der Waals surface area contributed by atoms with E-state index in [4.69, 9.17) is 5.11 Å². The van der Waals surface area contributed by atoms with Gasteiger partial charge >= 0.3 is 0 Å². The molecule has 4 nitrogen and oxygen atoms in total. The lowest BCUT2D eigenvalue weighted by Crippen LogP contribution is -2.41. The van der Waals surface area contributed by atoms with Crippen LogP contribution in [0.15, 0.2) is 18.5 Å². The van der Waals surface area contributed by atoms with Crippen molar-refractivity contribution in [3.05, 3.63) is 29.8 Å². The zero-order chi connectivity index (χ0) is 12.1. The minimum absolute atomic E-state index is 0.107. The van der Waals surface area contributed by atoms with Crippen molar-refractivity contribution in [2.75, 3.05) is 6.61 Å². The lowest BCUT2D eigenvalue weighted by Gasteiger charge is -2.19. The van der Waals surface area contributed by atoms with Crippen molar-refractivity contribution >= 4 is 5.91 Å². The van der Waals surface area contributed by atoms with Crippen LogP contribution in [0.4, 0.5) is 4.39 Å². The first-order valence-electron chi connectivity index (χ1n) is 5.07. The van der Waals surface area contributed by atoms with Crippen molar-refractivity contribution in [1.29, 1.82) is 0 Å². The van der Waals surface area contributed by atoms with Gasteiger partial charge in [0.2, 0.25) is 0 Å². The van der Waals surface area contributed by atoms with E-state index in [2.05, 4.69) is 10.3 Å². The molecule has 1 rings (SSSR count). The number of carbonyl (C=O) groups is 1. The smallest absolute Gasteiger partial charge is 0.253 e. The summed E-state index contributed by atoms with van der Waals surface area (Å²) in [5.74, 6) is -0.882. The fraction of sp³-hybridized carbons (Fsp3) is 0.455. The van der Waals surface area contributed by atoms with Crippen LogP contribution in [0.2, 0.25) is 0 Å². The molecule has 0 bridgehead atoms. The second-order valence-corrected chi connectivity index (χ2v) is 3.90. The van der Waals surface area contributed by atoms with Crippen molar-refractivity contribution in [1.82, 2.24) is 10.3 Å². The van der Waals surface area contributed by atoms with Gasteiger partial charge in [-0.15, -0.1) is 0 Å². The maximum absolute atomic E-state index is 12.8. The van der Waals surface area contributed by atoms with Gasteiger partial charge in [-0.05, 0) is 12.0 Å². The molecule has 0 fully saturated rings. The minimum atomic E-state index is -0.558. The summed E-state index contributed by atoms with van der Waals surface area (Å²) in [4.78, 5) is 15.2. The Labute approximate surface area is 93.5 Å². The summed E-state index contributed by atoms with van der Waals surface area (Å²) in [7, 11) is 0. The van der Waals surface area contributed by atoms with E-state index in [1.807, 2.05) is 13.8 Å². The maximum atomic E-state index is 12.8. The summed E-state index contributed by atoms with van der Waals surface area (Å²) < 4.78 is 12.8. The van der Waals surface area contributed by atoms with Crippen LogP contribution in [0.1, 0.15) is 24.2 Å². The highest BCUT2D eigenvalue weighted by atomic mass is 19.1. The average molecular weight is 226 g/mol. The number of carbonyl (C=O) groups excluding carboxylic acids is 1. The van der Waals surface area contributed by atoms with E-state index >= 15 is 0 Å². The number of nitrogens with zero attached hydrogens (tertiary/aromatic N) is 1. The van der Waals surface area contributed by atoms with Crippen molar-refractivity contribution in [2.45, 2.75) is 19.9 Å². The van der Waals surface area contributed by atoms with Gasteiger partial charge in [0.15, 0.2) is 0 Å². The Balaban J connectivity index is 2.72. The second-order valence-electron chi connectivity index (χ2n) is 3.90. The van der Waals surface area contributed by atoms with E-state index < -0.39 is 11.7 Å². The van der Waals surface area contributed by atoms with E-state index in [9.17, 15) is 9.18 Å². The highest BCUT2D eigenvalue weighted by Crippen LogP contribution is 2.04. The fourth-order valence-corrected chi connectivity index (χ4v) is 1.21. The molecule has 1 atom stereocenters. The van der Waals surface area contributed by atoms with E-state index in [1.165, 1.54) is 6.20 Å². The summed E-state index contributed by atoms with van der Waals surface area (Å²) in [6, 6.07) is 0.771. The molecular formula is C11H15FN2O2. The number of aliphatic hydroxyl groups is 1. The summed E-state index contributed by atoms with van der Waals surface area (Å²) in [6.07, 6.45) is 2.32. The van der Waals surface area contributed by atoms with E-state index in [1.54, 1.807) is 0 Å². The number of hydrogen-bond donors (Lipinski definition) is 2. The topological polar surface area (TPSA) is 62.2 Å². The number of nitrogens with one attached hydrogen (secondary N) is 1. The summed E-state index contributed by atoms with van der Waals surface area (Å²) >= 11 is 0. The van der Waals surface area contributed by atoms with Gasteiger partial charge in [-0.25, -0.2) is 4.39 Å². The van der Waals surface area contributed by atoms with Crippen LogP contribution in [0, 0.1) is 11.7 Å². The third-order valence-corrected chi connectivity index (χ3v) is 2.28. The van der Waals surface area contributed by atoms with Crippen molar-refractivity contribution in [3.63, 3.8) is 0 Å². The molecule has 0 aromatic carbocycles. The van der Waals surface area contributed by atoms with Gasteiger partial charge in [-0.2, -0.15) is 0 Å². The van der Waals surface area contributed by atoms with Gasteiger partial charge in [0.05, 0.1) is 24.4 Å². The maximum Gasteiger partial charge on any atom is 0.253 e. The molecule has 5 heteroatoms. The normalized spacial score (nSPS) is 12.6. The van der Waals surface area contributed by atoms with Crippen LogP contribution in [0.5, 0.6) is 0 Å². The largest absolute Gasteiger partial charge is 0.394 e. The van der Waals surface area contributed by atoms with Gasteiger partial charge in [0.1, 0.15) is 5.82 Å². The first kappa shape index (κ1) is 12.6. The molecule has 1 unspecified atom stereocenters. The quantitative estimate of drug-likeness (QED) is 0.804. The van der Waals surface area contributed by atoms with Crippen LogP contribution in [0.3, 0.4) is 0 Å². The highest BCUT2D eigenvalue weighted by molar-refractivity contribution is 5.94. The number of amides is 1. The number of pyridine rings is 1. The van der Waals surface area contributed by atoms with Gasteiger partial charge in [-0.3, -0.25) is 9.78 Å².